The highest BCUT2D eigenvalue weighted by molar-refractivity contribution is 5.89. The molecule has 4 aromatic rings. The molecule has 0 radical (unpaired) electrons. The third kappa shape index (κ3) is 4.38. The SMILES string of the molecule is Cc1noc(C)c1COc1ccc(C(=O)OCc2nnc(-c3ccccc3)o2)cc1. The molecule has 0 aliphatic rings. The summed E-state index contributed by atoms with van der Waals surface area (Å²) in [5.41, 5.74) is 2.90. The zero-order valence-corrected chi connectivity index (χ0v) is 16.5. The first-order valence-corrected chi connectivity index (χ1v) is 9.29. The van der Waals surface area contributed by atoms with Crippen LogP contribution in [0.3, 0.4) is 0 Å². The van der Waals surface area contributed by atoms with E-state index in [0.717, 1.165) is 22.6 Å². The van der Waals surface area contributed by atoms with E-state index in [-0.39, 0.29) is 12.5 Å². The van der Waals surface area contributed by atoms with Crippen LogP contribution in [0.4, 0.5) is 0 Å². The molecule has 4 rings (SSSR count). The Hall–Kier alpha value is -3.94. The Morgan fingerprint density at radius 3 is 2.43 bits per heavy atom. The molecular formula is C22H19N3O5. The summed E-state index contributed by atoms with van der Waals surface area (Å²) in [5, 5.41) is 11.8. The first kappa shape index (κ1) is 19.4. The molecule has 0 aliphatic carbocycles. The summed E-state index contributed by atoms with van der Waals surface area (Å²) in [7, 11) is 0. The maximum Gasteiger partial charge on any atom is 0.338 e. The van der Waals surface area contributed by atoms with Gasteiger partial charge in [-0.3, -0.25) is 0 Å². The highest BCUT2D eigenvalue weighted by atomic mass is 16.5. The molecule has 30 heavy (non-hydrogen) atoms. The number of nitrogens with zero attached hydrogens (tertiary/aromatic N) is 3. The van der Waals surface area contributed by atoms with Gasteiger partial charge in [-0.1, -0.05) is 23.4 Å². The summed E-state index contributed by atoms with van der Waals surface area (Å²) in [5.74, 6) is 1.45. The fourth-order valence-electron chi connectivity index (χ4n) is 2.77. The van der Waals surface area contributed by atoms with Crippen LogP contribution in [0.2, 0.25) is 0 Å². The van der Waals surface area contributed by atoms with Crippen molar-refractivity contribution in [1.29, 1.82) is 0 Å². The highest BCUT2D eigenvalue weighted by Gasteiger charge is 2.13. The number of carbonyl (C=O) groups excluding carboxylic acids is 1. The number of aromatic nitrogens is 3. The van der Waals surface area contributed by atoms with Crippen molar-refractivity contribution >= 4 is 5.97 Å². The van der Waals surface area contributed by atoms with Gasteiger partial charge in [0.1, 0.15) is 18.1 Å². The van der Waals surface area contributed by atoms with E-state index in [1.165, 1.54) is 0 Å². The molecule has 2 aromatic heterocycles. The Kier molecular flexibility index (Phi) is 5.56. The average Bonchev–Trinajstić information content (AvgIpc) is 3.38. The van der Waals surface area contributed by atoms with Crippen LogP contribution in [0.15, 0.2) is 63.5 Å². The summed E-state index contributed by atoms with van der Waals surface area (Å²) in [6.07, 6.45) is 0. The van der Waals surface area contributed by atoms with Crippen molar-refractivity contribution in [2.45, 2.75) is 27.1 Å². The molecule has 0 N–H and O–H groups in total. The molecule has 0 aliphatic heterocycles. The summed E-state index contributed by atoms with van der Waals surface area (Å²) in [6, 6.07) is 16.0. The molecule has 2 aromatic carbocycles. The number of hydrogen-bond donors (Lipinski definition) is 0. The number of esters is 1. The van der Waals surface area contributed by atoms with Gasteiger partial charge in [-0.25, -0.2) is 4.79 Å². The van der Waals surface area contributed by atoms with Gasteiger partial charge in [0.25, 0.3) is 5.89 Å². The Labute approximate surface area is 172 Å². The number of benzene rings is 2. The lowest BCUT2D eigenvalue weighted by Gasteiger charge is -2.07. The molecule has 0 atom stereocenters. The van der Waals surface area contributed by atoms with Crippen molar-refractivity contribution in [2.75, 3.05) is 0 Å². The maximum absolute atomic E-state index is 12.3. The monoisotopic (exact) mass is 405 g/mol. The van der Waals surface area contributed by atoms with Gasteiger partial charge in [0.2, 0.25) is 5.89 Å². The third-order valence-electron chi connectivity index (χ3n) is 4.47. The van der Waals surface area contributed by atoms with Crippen LogP contribution < -0.4 is 4.74 Å². The van der Waals surface area contributed by atoms with Gasteiger partial charge in [0, 0.05) is 5.56 Å². The Morgan fingerprint density at radius 2 is 1.73 bits per heavy atom. The standard InChI is InChI=1S/C22H19N3O5/c1-14-19(15(2)30-25-14)12-27-18-10-8-17(9-11-18)22(26)28-13-20-23-24-21(29-20)16-6-4-3-5-7-16/h3-11H,12-13H2,1-2H3. The zero-order chi connectivity index (χ0) is 20.9. The first-order chi connectivity index (χ1) is 14.6. The second kappa shape index (κ2) is 8.60. The summed E-state index contributed by atoms with van der Waals surface area (Å²) < 4.78 is 21.6. The second-order valence-corrected chi connectivity index (χ2v) is 6.56. The lowest BCUT2D eigenvalue weighted by Crippen LogP contribution is -2.05. The predicted octanol–water partition coefficient (Wildman–Crippen LogP) is 4.28. The van der Waals surface area contributed by atoms with E-state index >= 15 is 0 Å². The minimum atomic E-state index is -0.494. The van der Waals surface area contributed by atoms with Crippen molar-refractivity contribution in [3.05, 3.63) is 83.1 Å². The molecule has 0 amide bonds. The normalized spacial score (nSPS) is 10.7. The van der Waals surface area contributed by atoms with Gasteiger partial charge in [0.15, 0.2) is 6.61 Å². The van der Waals surface area contributed by atoms with Crippen LogP contribution in [0.5, 0.6) is 5.75 Å². The molecule has 0 unspecified atom stereocenters. The average molecular weight is 405 g/mol. The number of hydrogen-bond acceptors (Lipinski definition) is 8. The van der Waals surface area contributed by atoms with Crippen molar-refractivity contribution in [1.82, 2.24) is 15.4 Å². The fraction of sp³-hybridized carbons (Fsp3) is 0.182. The van der Waals surface area contributed by atoms with Gasteiger partial charge >= 0.3 is 5.97 Å². The number of ether oxygens (including phenoxy) is 2. The van der Waals surface area contributed by atoms with Gasteiger partial charge < -0.3 is 18.4 Å². The predicted molar refractivity (Wildman–Crippen MR) is 106 cm³/mol. The van der Waals surface area contributed by atoms with Gasteiger partial charge in [0.05, 0.1) is 16.8 Å². The van der Waals surface area contributed by atoms with E-state index in [1.807, 2.05) is 44.2 Å². The Morgan fingerprint density at radius 1 is 0.967 bits per heavy atom. The molecule has 8 heteroatoms. The van der Waals surface area contributed by atoms with Gasteiger partial charge in [-0.2, -0.15) is 0 Å². The molecular weight excluding hydrogens is 386 g/mol. The van der Waals surface area contributed by atoms with Crippen LogP contribution in [-0.2, 0) is 18.0 Å². The van der Waals surface area contributed by atoms with Crippen molar-refractivity contribution < 1.29 is 23.2 Å². The summed E-state index contributed by atoms with van der Waals surface area (Å²) >= 11 is 0. The van der Waals surface area contributed by atoms with Crippen molar-refractivity contribution in [3.8, 4) is 17.2 Å². The zero-order valence-electron chi connectivity index (χ0n) is 16.5. The third-order valence-corrected chi connectivity index (χ3v) is 4.47. The smallest absolute Gasteiger partial charge is 0.338 e. The lowest BCUT2D eigenvalue weighted by molar-refractivity contribution is 0.0438. The second-order valence-electron chi connectivity index (χ2n) is 6.56. The summed E-state index contributed by atoms with van der Waals surface area (Å²) in [4.78, 5) is 12.3. The van der Waals surface area contributed by atoms with Gasteiger partial charge in [-0.15, -0.1) is 10.2 Å². The fourth-order valence-corrected chi connectivity index (χ4v) is 2.77. The quantitative estimate of drug-likeness (QED) is 0.420. The van der Waals surface area contributed by atoms with Crippen LogP contribution in [0.25, 0.3) is 11.5 Å². The van der Waals surface area contributed by atoms with Crippen LogP contribution >= 0.6 is 0 Å². The Balaban J connectivity index is 1.31. The first-order valence-electron chi connectivity index (χ1n) is 9.29. The van der Waals surface area contributed by atoms with E-state index in [0.29, 0.717) is 23.8 Å². The highest BCUT2D eigenvalue weighted by Crippen LogP contribution is 2.19. The van der Waals surface area contributed by atoms with Crippen LogP contribution in [0, 0.1) is 13.8 Å². The molecule has 0 fully saturated rings. The van der Waals surface area contributed by atoms with E-state index in [4.69, 9.17) is 18.4 Å². The van der Waals surface area contributed by atoms with Crippen LogP contribution in [0.1, 0.15) is 33.3 Å². The summed E-state index contributed by atoms with van der Waals surface area (Å²) in [6.45, 7) is 3.93. The van der Waals surface area contributed by atoms with E-state index in [1.54, 1.807) is 24.3 Å². The van der Waals surface area contributed by atoms with E-state index in [2.05, 4.69) is 15.4 Å². The maximum atomic E-state index is 12.3. The minimum absolute atomic E-state index is 0.108. The van der Waals surface area contributed by atoms with Crippen LogP contribution in [-0.4, -0.2) is 21.3 Å². The topological polar surface area (TPSA) is 100 Å². The largest absolute Gasteiger partial charge is 0.489 e. The number of rotatable bonds is 7. The molecule has 0 spiro atoms. The van der Waals surface area contributed by atoms with E-state index < -0.39 is 5.97 Å². The molecule has 0 bridgehead atoms. The number of carbonyl (C=O) groups is 1. The molecule has 8 nitrogen and oxygen atoms in total. The van der Waals surface area contributed by atoms with Gasteiger partial charge in [-0.05, 0) is 50.2 Å². The molecule has 2 heterocycles. The molecule has 152 valence electrons. The molecule has 0 saturated carbocycles. The minimum Gasteiger partial charge on any atom is -0.489 e. The number of aryl methyl sites for hydroxylation is 2. The van der Waals surface area contributed by atoms with E-state index in [9.17, 15) is 4.79 Å². The lowest BCUT2D eigenvalue weighted by atomic mass is 10.2. The molecule has 0 saturated heterocycles. The van der Waals surface area contributed by atoms with Crippen molar-refractivity contribution in [2.24, 2.45) is 0 Å². The Bertz CT molecular complexity index is 1110. The van der Waals surface area contributed by atoms with Crippen molar-refractivity contribution in [3.63, 3.8) is 0 Å².